The summed E-state index contributed by atoms with van der Waals surface area (Å²) in [6.45, 7) is 0.941. The van der Waals surface area contributed by atoms with Gasteiger partial charge >= 0.3 is 6.36 Å². The van der Waals surface area contributed by atoms with Crippen molar-refractivity contribution in [1.82, 2.24) is 5.32 Å². The Labute approximate surface area is 109 Å². The van der Waals surface area contributed by atoms with E-state index in [9.17, 15) is 13.2 Å². The third kappa shape index (κ3) is 6.30. The summed E-state index contributed by atoms with van der Waals surface area (Å²) >= 11 is 0. The van der Waals surface area contributed by atoms with Gasteiger partial charge in [0.15, 0.2) is 0 Å². The minimum atomic E-state index is -4.69. The van der Waals surface area contributed by atoms with Crippen LogP contribution in [-0.4, -0.2) is 39.8 Å². The molecule has 4 nitrogen and oxygen atoms in total. The molecule has 0 aromatic heterocycles. The lowest BCUT2D eigenvalue weighted by molar-refractivity contribution is -0.274. The molecule has 1 atom stereocenters. The van der Waals surface area contributed by atoms with E-state index in [-0.39, 0.29) is 11.9 Å². The number of ether oxygens (including phenoxy) is 3. The van der Waals surface area contributed by atoms with Gasteiger partial charge in [-0.25, -0.2) is 0 Å². The molecule has 0 spiro atoms. The van der Waals surface area contributed by atoms with Gasteiger partial charge in [0.1, 0.15) is 17.6 Å². The topological polar surface area (TPSA) is 39.7 Å². The summed E-state index contributed by atoms with van der Waals surface area (Å²) in [5, 5.41) is 2.94. The molecule has 0 saturated heterocycles. The van der Waals surface area contributed by atoms with Crippen LogP contribution in [0.4, 0.5) is 13.2 Å². The number of likely N-dealkylation sites (N-methyl/N-ethyl adjacent to an activating group) is 1. The second-order valence-electron chi connectivity index (χ2n) is 3.77. The van der Waals surface area contributed by atoms with E-state index in [1.54, 1.807) is 14.2 Å². The molecule has 0 fully saturated rings. The lowest BCUT2D eigenvalue weighted by Crippen LogP contribution is -2.33. The van der Waals surface area contributed by atoms with Crippen molar-refractivity contribution in [2.75, 3.05) is 27.3 Å². The molecule has 0 bridgehead atoms. The highest BCUT2D eigenvalue weighted by atomic mass is 19.4. The van der Waals surface area contributed by atoms with Crippen LogP contribution >= 0.6 is 0 Å². The van der Waals surface area contributed by atoms with Crippen LogP contribution in [0.25, 0.3) is 0 Å². The van der Waals surface area contributed by atoms with Crippen molar-refractivity contribution in [2.24, 2.45) is 0 Å². The van der Waals surface area contributed by atoms with Crippen LogP contribution in [0.15, 0.2) is 24.3 Å². The van der Waals surface area contributed by atoms with Crippen LogP contribution in [0.5, 0.6) is 11.5 Å². The van der Waals surface area contributed by atoms with Crippen molar-refractivity contribution in [1.29, 1.82) is 0 Å². The van der Waals surface area contributed by atoms with Gasteiger partial charge in [0.25, 0.3) is 0 Å². The summed E-state index contributed by atoms with van der Waals surface area (Å²) in [6.07, 6.45) is -4.91. The smallest absolute Gasteiger partial charge is 0.487 e. The van der Waals surface area contributed by atoms with Gasteiger partial charge in [-0.2, -0.15) is 0 Å². The number of nitrogens with one attached hydrogen (secondary N) is 1. The predicted molar refractivity (Wildman–Crippen MR) is 63.3 cm³/mol. The first kappa shape index (κ1) is 15.6. The fraction of sp³-hybridized carbons (Fsp3) is 0.500. The van der Waals surface area contributed by atoms with Crippen LogP contribution in [0.1, 0.15) is 0 Å². The number of rotatable bonds is 7. The zero-order valence-corrected chi connectivity index (χ0v) is 10.7. The summed E-state index contributed by atoms with van der Waals surface area (Å²) in [5.74, 6) is 0.170. The largest absolute Gasteiger partial charge is 0.573 e. The summed E-state index contributed by atoms with van der Waals surface area (Å²) in [4.78, 5) is 0. The lowest BCUT2D eigenvalue weighted by Gasteiger charge is -2.18. The van der Waals surface area contributed by atoms with Gasteiger partial charge in [-0.1, -0.05) is 0 Å². The number of methoxy groups -OCH3 is 1. The Kier molecular flexibility index (Phi) is 5.91. The molecule has 1 aromatic carbocycles. The molecule has 1 N–H and O–H groups in total. The molecule has 108 valence electrons. The van der Waals surface area contributed by atoms with Crippen LogP contribution < -0.4 is 14.8 Å². The standard InChI is InChI=1S/C12H16F3NO3/c1-16-7-11(8-17-2)18-9-3-5-10(6-4-9)19-12(13,14)15/h3-6,11,16H,7-8H2,1-2H3. The SMILES string of the molecule is CNCC(COC)Oc1ccc(OC(F)(F)F)cc1. The van der Waals surface area contributed by atoms with Gasteiger partial charge < -0.3 is 19.5 Å². The molecule has 0 aliphatic rings. The summed E-state index contributed by atoms with van der Waals surface area (Å²) in [6, 6.07) is 5.23. The Hall–Kier alpha value is -1.47. The average molecular weight is 279 g/mol. The van der Waals surface area contributed by atoms with Gasteiger partial charge in [-0.15, -0.1) is 13.2 Å². The molecule has 0 aliphatic carbocycles. The quantitative estimate of drug-likeness (QED) is 0.830. The highest BCUT2D eigenvalue weighted by Gasteiger charge is 2.31. The first-order chi connectivity index (χ1) is 8.94. The Morgan fingerprint density at radius 1 is 1.16 bits per heavy atom. The van der Waals surface area contributed by atoms with Crippen molar-refractivity contribution in [2.45, 2.75) is 12.5 Å². The van der Waals surface area contributed by atoms with Crippen LogP contribution in [0.3, 0.4) is 0 Å². The van der Waals surface area contributed by atoms with Crippen molar-refractivity contribution < 1.29 is 27.4 Å². The molecule has 1 rings (SSSR count). The van der Waals surface area contributed by atoms with E-state index < -0.39 is 6.36 Å². The molecule has 0 heterocycles. The normalized spacial score (nSPS) is 13.1. The van der Waals surface area contributed by atoms with Gasteiger partial charge in [-0.05, 0) is 31.3 Å². The summed E-state index contributed by atoms with van der Waals surface area (Å²) in [5.41, 5.74) is 0. The Morgan fingerprint density at radius 2 is 1.74 bits per heavy atom. The highest BCUT2D eigenvalue weighted by Crippen LogP contribution is 2.25. The van der Waals surface area contributed by atoms with Crippen LogP contribution in [-0.2, 0) is 4.74 Å². The molecule has 0 radical (unpaired) electrons. The van der Waals surface area contributed by atoms with Crippen molar-refractivity contribution >= 4 is 0 Å². The molecule has 1 unspecified atom stereocenters. The van der Waals surface area contributed by atoms with Gasteiger partial charge in [-0.3, -0.25) is 0 Å². The molecule has 19 heavy (non-hydrogen) atoms. The number of halogens is 3. The minimum Gasteiger partial charge on any atom is -0.487 e. The Morgan fingerprint density at radius 3 is 2.21 bits per heavy atom. The van der Waals surface area contributed by atoms with Gasteiger partial charge in [0.2, 0.25) is 0 Å². The minimum absolute atomic E-state index is 0.218. The molecule has 0 amide bonds. The zero-order valence-electron chi connectivity index (χ0n) is 10.7. The average Bonchev–Trinajstić information content (AvgIpc) is 2.30. The fourth-order valence-corrected chi connectivity index (χ4v) is 1.46. The maximum absolute atomic E-state index is 12.0. The third-order valence-corrected chi connectivity index (χ3v) is 2.14. The van der Waals surface area contributed by atoms with Gasteiger partial charge in [0.05, 0.1) is 6.61 Å². The highest BCUT2D eigenvalue weighted by molar-refractivity contribution is 5.31. The number of alkyl halides is 3. The molecular formula is C12H16F3NO3. The number of hydrogen-bond acceptors (Lipinski definition) is 4. The number of benzene rings is 1. The second kappa shape index (κ2) is 7.20. The van der Waals surface area contributed by atoms with E-state index in [2.05, 4.69) is 10.1 Å². The van der Waals surface area contributed by atoms with Crippen LogP contribution in [0.2, 0.25) is 0 Å². The predicted octanol–water partition coefficient (Wildman–Crippen LogP) is 2.20. The molecule has 7 heteroatoms. The molecule has 1 aromatic rings. The van der Waals surface area contributed by atoms with E-state index in [0.717, 1.165) is 0 Å². The van der Waals surface area contributed by atoms with Crippen molar-refractivity contribution in [3.05, 3.63) is 24.3 Å². The van der Waals surface area contributed by atoms with E-state index in [1.165, 1.54) is 24.3 Å². The molecular weight excluding hydrogens is 263 g/mol. The Balaban J connectivity index is 2.60. The fourth-order valence-electron chi connectivity index (χ4n) is 1.46. The van der Waals surface area contributed by atoms with E-state index in [4.69, 9.17) is 9.47 Å². The van der Waals surface area contributed by atoms with E-state index in [1.807, 2.05) is 0 Å². The van der Waals surface area contributed by atoms with Crippen molar-refractivity contribution in [3.8, 4) is 11.5 Å². The monoisotopic (exact) mass is 279 g/mol. The first-order valence-corrected chi connectivity index (χ1v) is 5.60. The second-order valence-corrected chi connectivity index (χ2v) is 3.77. The summed E-state index contributed by atoms with van der Waals surface area (Å²) < 4.78 is 50.2. The first-order valence-electron chi connectivity index (χ1n) is 5.60. The number of hydrogen-bond donors (Lipinski definition) is 1. The maximum atomic E-state index is 12.0. The molecule has 0 saturated carbocycles. The molecule has 0 aliphatic heterocycles. The zero-order chi connectivity index (χ0) is 14.3. The maximum Gasteiger partial charge on any atom is 0.573 e. The summed E-state index contributed by atoms with van der Waals surface area (Å²) in [7, 11) is 3.32. The third-order valence-electron chi connectivity index (χ3n) is 2.14. The van der Waals surface area contributed by atoms with Gasteiger partial charge in [0, 0.05) is 13.7 Å². The van der Waals surface area contributed by atoms with E-state index >= 15 is 0 Å². The van der Waals surface area contributed by atoms with Crippen LogP contribution in [0, 0.1) is 0 Å². The van der Waals surface area contributed by atoms with E-state index in [0.29, 0.717) is 18.9 Å². The lowest BCUT2D eigenvalue weighted by atomic mass is 10.3. The van der Waals surface area contributed by atoms with Crippen molar-refractivity contribution in [3.63, 3.8) is 0 Å². The Bertz CT molecular complexity index is 361.